The van der Waals surface area contributed by atoms with Crippen LogP contribution in [0.3, 0.4) is 0 Å². The summed E-state index contributed by atoms with van der Waals surface area (Å²) >= 11 is 0. The molecule has 84 valence electrons. The Kier molecular flexibility index (Phi) is 3.13. The van der Waals surface area contributed by atoms with Crippen LogP contribution in [-0.2, 0) is 12.6 Å². The Bertz CT molecular complexity index is 397. The summed E-state index contributed by atoms with van der Waals surface area (Å²) in [6.07, 6.45) is -4.51. The molecule has 0 aromatic carbocycles. The summed E-state index contributed by atoms with van der Waals surface area (Å²) in [5.74, 6) is -0.0511. The fraction of sp³-hybridized carbons (Fsp3) is 0.500. The van der Waals surface area contributed by atoms with E-state index in [4.69, 9.17) is 5.73 Å². The number of hydrogen-bond donors (Lipinski definition) is 2. The number of alkyl halides is 3. The van der Waals surface area contributed by atoms with Crippen LogP contribution in [0.1, 0.15) is 18.4 Å². The van der Waals surface area contributed by atoms with E-state index in [1.54, 1.807) is 6.92 Å². The van der Waals surface area contributed by atoms with Crippen LogP contribution in [0.15, 0.2) is 10.9 Å². The largest absolute Gasteiger partial charge is 0.433 e. The second-order valence-corrected chi connectivity index (χ2v) is 3.26. The number of nitrogens with zero attached hydrogens (tertiary/aromatic N) is 1. The van der Waals surface area contributed by atoms with Crippen LogP contribution in [0.2, 0.25) is 0 Å². The van der Waals surface area contributed by atoms with Crippen molar-refractivity contribution in [3.63, 3.8) is 0 Å². The molecule has 0 aliphatic carbocycles. The van der Waals surface area contributed by atoms with Gasteiger partial charge in [-0.05, 0) is 6.92 Å². The van der Waals surface area contributed by atoms with Gasteiger partial charge in [0.15, 0.2) is 5.69 Å². The zero-order valence-corrected chi connectivity index (χ0v) is 7.93. The lowest BCUT2D eigenvalue weighted by atomic mass is 10.2. The monoisotopic (exact) mass is 221 g/mol. The quantitative estimate of drug-likeness (QED) is 0.771. The van der Waals surface area contributed by atoms with Gasteiger partial charge < -0.3 is 10.7 Å². The maximum absolute atomic E-state index is 12.2. The Morgan fingerprint density at radius 2 is 2.20 bits per heavy atom. The number of rotatable bonds is 2. The van der Waals surface area contributed by atoms with Gasteiger partial charge in [0, 0.05) is 18.5 Å². The number of nitrogens with one attached hydrogen (secondary N) is 1. The lowest BCUT2D eigenvalue weighted by Crippen LogP contribution is -2.24. The fourth-order valence-electron chi connectivity index (χ4n) is 1.05. The molecular weight excluding hydrogens is 211 g/mol. The smallest absolute Gasteiger partial charge is 0.328 e. The van der Waals surface area contributed by atoms with Crippen molar-refractivity contribution in [2.75, 3.05) is 0 Å². The van der Waals surface area contributed by atoms with Gasteiger partial charge >= 0.3 is 6.18 Å². The highest BCUT2D eigenvalue weighted by atomic mass is 19.4. The number of aromatic amines is 1. The molecule has 0 aliphatic rings. The second-order valence-electron chi connectivity index (χ2n) is 3.26. The van der Waals surface area contributed by atoms with Crippen LogP contribution in [0.5, 0.6) is 0 Å². The first kappa shape index (κ1) is 11.7. The van der Waals surface area contributed by atoms with Crippen molar-refractivity contribution < 1.29 is 13.2 Å². The molecule has 15 heavy (non-hydrogen) atoms. The number of H-pyrrole nitrogens is 1. The third-order valence-corrected chi connectivity index (χ3v) is 1.60. The molecule has 0 aliphatic heterocycles. The summed E-state index contributed by atoms with van der Waals surface area (Å²) in [4.78, 5) is 16.4. The second kappa shape index (κ2) is 4.01. The van der Waals surface area contributed by atoms with Gasteiger partial charge in [-0.2, -0.15) is 13.2 Å². The molecule has 3 N–H and O–H groups in total. The summed E-state index contributed by atoms with van der Waals surface area (Å²) in [5.41, 5.74) is 3.37. The van der Waals surface area contributed by atoms with E-state index in [1.807, 2.05) is 0 Å². The Hall–Kier alpha value is -1.37. The van der Waals surface area contributed by atoms with Crippen molar-refractivity contribution >= 4 is 0 Å². The number of hydrogen-bond acceptors (Lipinski definition) is 3. The number of halogens is 3. The van der Waals surface area contributed by atoms with Crippen molar-refractivity contribution in [1.82, 2.24) is 9.97 Å². The minimum atomic E-state index is -4.61. The van der Waals surface area contributed by atoms with Gasteiger partial charge in [-0.3, -0.25) is 4.79 Å². The van der Waals surface area contributed by atoms with Crippen LogP contribution < -0.4 is 11.3 Å². The lowest BCUT2D eigenvalue weighted by Gasteiger charge is -2.08. The SMILES string of the molecule is CC(N)Cc1nc(C(F)(F)F)cc(=O)[nH]1. The summed E-state index contributed by atoms with van der Waals surface area (Å²) in [6, 6.07) is 0.0571. The molecule has 1 aromatic heterocycles. The number of aromatic nitrogens is 2. The van der Waals surface area contributed by atoms with Crippen molar-refractivity contribution in [1.29, 1.82) is 0 Å². The molecule has 0 spiro atoms. The summed E-state index contributed by atoms with van der Waals surface area (Å²) < 4.78 is 36.7. The van der Waals surface area contributed by atoms with E-state index in [-0.39, 0.29) is 18.3 Å². The van der Waals surface area contributed by atoms with Crippen molar-refractivity contribution in [3.05, 3.63) is 27.9 Å². The predicted molar refractivity (Wildman–Crippen MR) is 47.2 cm³/mol. The average Bonchev–Trinajstić information content (AvgIpc) is 1.99. The van der Waals surface area contributed by atoms with E-state index < -0.39 is 17.4 Å². The molecule has 0 saturated carbocycles. The highest BCUT2D eigenvalue weighted by molar-refractivity contribution is 5.07. The molecule has 1 aromatic rings. The first-order chi connectivity index (χ1) is 6.79. The van der Waals surface area contributed by atoms with E-state index >= 15 is 0 Å². The van der Waals surface area contributed by atoms with Crippen molar-refractivity contribution in [3.8, 4) is 0 Å². The van der Waals surface area contributed by atoms with Gasteiger partial charge in [0.1, 0.15) is 5.82 Å². The Morgan fingerprint density at radius 1 is 1.60 bits per heavy atom. The normalized spacial score (nSPS) is 13.9. The highest BCUT2D eigenvalue weighted by Gasteiger charge is 2.33. The van der Waals surface area contributed by atoms with Crippen molar-refractivity contribution in [2.24, 2.45) is 5.73 Å². The highest BCUT2D eigenvalue weighted by Crippen LogP contribution is 2.26. The Balaban J connectivity index is 3.11. The molecule has 1 heterocycles. The maximum Gasteiger partial charge on any atom is 0.433 e. The maximum atomic E-state index is 12.2. The lowest BCUT2D eigenvalue weighted by molar-refractivity contribution is -0.141. The molecular formula is C8H10F3N3O. The average molecular weight is 221 g/mol. The van der Waals surface area contributed by atoms with E-state index in [0.717, 1.165) is 0 Å². The van der Waals surface area contributed by atoms with Gasteiger partial charge in [0.05, 0.1) is 0 Å². The van der Waals surface area contributed by atoms with Gasteiger partial charge in [0.25, 0.3) is 5.56 Å². The zero-order chi connectivity index (χ0) is 11.6. The summed E-state index contributed by atoms with van der Waals surface area (Å²) in [7, 11) is 0. The van der Waals surface area contributed by atoms with Gasteiger partial charge in [-0.25, -0.2) is 4.98 Å². The molecule has 0 saturated heterocycles. The predicted octanol–water partition coefficient (Wildman–Crippen LogP) is 0.678. The first-order valence-electron chi connectivity index (χ1n) is 4.22. The van der Waals surface area contributed by atoms with Crippen molar-refractivity contribution in [2.45, 2.75) is 25.6 Å². The molecule has 1 rings (SSSR count). The van der Waals surface area contributed by atoms with E-state index in [1.165, 1.54) is 0 Å². The van der Waals surface area contributed by atoms with Crippen LogP contribution in [0, 0.1) is 0 Å². The van der Waals surface area contributed by atoms with Crippen LogP contribution in [0.25, 0.3) is 0 Å². The molecule has 4 nitrogen and oxygen atoms in total. The van der Waals surface area contributed by atoms with Crippen LogP contribution in [0.4, 0.5) is 13.2 Å². The third kappa shape index (κ3) is 3.35. The van der Waals surface area contributed by atoms with E-state index in [9.17, 15) is 18.0 Å². The summed E-state index contributed by atoms with van der Waals surface area (Å²) in [6.45, 7) is 1.61. The first-order valence-corrected chi connectivity index (χ1v) is 4.22. The molecule has 1 atom stereocenters. The molecule has 0 radical (unpaired) electrons. The van der Waals surface area contributed by atoms with E-state index in [2.05, 4.69) is 9.97 Å². The van der Waals surface area contributed by atoms with Crippen LogP contribution >= 0.6 is 0 Å². The molecule has 0 bridgehead atoms. The summed E-state index contributed by atoms with van der Waals surface area (Å²) in [5, 5.41) is 0. The topological polar surface area (TPSA) is 71.8 Å². The Labute approximate surface area is 83.3 Å². The fourth-order valence-corrected chi connectivity index (χ4v) is 1.05. The Morgan fingerprint density at radius 3 is 2.67 bits per heavy atom. The minimum absolute atomic E-state index is 0.0511. The molecule has 0 fully saturated rings. The third-order valence-electron chi connectivity index (χ3n) is 1.60. The molecule has 7 heteroatoms. The number of nitrogens with two attached hydrogens (primary N) is 1. The molecule has 1 unspecified atom stereocenters. The molecule has 0 amide bonds. The van der Waals surface area contributed by atoms with Gasteiger partial charge in [0.2, 0.25) is 0 Å². The van der Waals surface area contributed by atoms with Gasteiger partial charge in [-0.15, -0.1) is 0 Å². The minimum Gasteiger partial charge on any atom is -0.328 e. The standard InChI is InChI=1S/C8H10F3N3O/c1-4(12)2-6-13-5(8(9,10)11)3-7(15)14-6/h3-4H,2,12H2,1H3,(H,13,14,15). The van der Waals surface area contributed by atoms with E-state index in [0.29, 0.717) is 6.07 Å². The van der Waals surface area contributed by atoms with Crippen LogP contribution in [-0.4, -0.2) is 16.0 Å². The van der Waals surface area contributed by atoms with Gasteiger partial charge in [-0.1, -0.05) is 0 Å². The zero-order valence-electron chi connectivity index (χ0n) is 7.93.